The highest BCUT2D eigenvalue weighted by atomic mass is 16.2. The number of hydrogen-bond acceptors (Lipinski definition) is 4. The molecule has 2 aliphatic heterocycles. The monoisotopic (exact) mass is 344 g/mol. The fraction of sp³-hybridized carbons (Fsp3) is 0.650. The molecule has 0 radical (unpaired) electrons. The number of hydrogen-bond donors (Lipinski definition) is 1. The van der Waals surface area contributed by atoms with E-state index in [4.69, 9.17) is 0 Å². The number of likely N-dealkylation sites (N-methyl/N-ethyl adjacent to an activating group) is 1. The van der Waals surface area contributed by atoms with Gasteiger partial charge in [-0.15, -0.1) is 0 Å². The summed E-state index contributed by atoms with van der Waals surface area (Å²) in [6, 6.07) is 6.39. The van der Waals surface area contributed by atoms with Crippen molar-refractivity contribution in [3.63, 3.8) is 0 Å². The minimum atomic E-state index is 0.102. The van der Waals surface area contributed by atoms with Crippen LogP contribution in [0.5, 0.6) is 0 Å². The van der Waals surface area contributed by atoms with E-state index in [-0.39, 0.29) is 5.91 Å². The number of piperidine rings is 1. The quantitative estimate of drug-likeness (QED) is 0.910. The summed E-state index contributed by atoms with van der Waals surface area (Å²) in [4.78, 5) is 19.4. The first-order valence-corrected chi connectivity index (χ1v) is 9.57. The van der Waals surface area contributed by atoms with E-state index in [2.05, 4.69) is 59.1 Å². The van der Waals surface area contributed by atoms with Gasteiger partial charge in [0.25, 0.3) is 0 Å². The van der Waals surface area contributed by atoms with Crippen molar-refractivity contribution in [2.45, 2.75) is 26.7 Å². The second-order valence-electron chi connectivity index (χ2n) is 7.80. The topological polar surface area (TPSA) is 38.8 Å². The van der Waals surface area contributed by atoms with Gasteiger partial charge in [-0.1, -0.05) is 6.92 Å². The number of carbonyl (C=O) groups is 1. The summed E-state index contributed by atoms with van der Waals surface area (Å²) in [6.45, 7) is 11.3. The first-order valence-electron chi connectivity index (χ1n) is 9.57. The van der Waals surface area contributed by atoms with Crippen molar-refractivity contribution in [2.75, 3.05) is 63.1 Å². The number of likely N-dealkylation sites (tertiary alicyclic amines) is 1. The summed E-state index contributed by atoms with van der Waals surface area (Å²) in [7, 11) is 2.17. The normalized spacial score (nSPS) is 20.7. The van der Waals surface area contributed by atoms with Crippen molar-refractivity contribution in [1.82, 2.24) is 9.80 Å². The van der Waals surface area contributed by atoms with Crippen molar-refractivity contribution in [3.8, 4) is 0 Å². The van der Waals surface area contributed by atoms with Crippen molar-refractivity contribution in [1.29, 1.82) is 0 Å². The summed E-state index contributed by atoms with van der Waals surface area (Å²) in [6.07, 6.45) is 2.40. The maximum atomic E-state index is 12.4. The van der Waals surface area contributed by atoms with Crippen molar-refractivity contribution in [3.05, 3.63) is 23.8 Å². The van der Waals surface area contributed by atoms with Crippen LogP contribution in [0, 0.1) is 12.8 Å². The third-order valence-corrected chi connectivity index (χ3v) is 5.60. The maximum Gasteiger partial charge on any atom is 0.238 e. The Morgan fingerprint density at radius 1 is 1.12 bits per heavy atom. The Labute approximate surface area is 152 Å². The van der Waals surface area contributed by atoms with Gasteiger partial charge in [-0.25, -0.2) is 0 Å². The zero-order valence-electron chi connectivity index (χ0n) is 15.9. The average Bonchev–Trinajstić information content (AvgIpc) is 2.59. The molecule has 2 fully saturated rings. The predicted molar refractivity (Wildman–Crippen MR) is 104 cm³/mol. The van der Waals surface area contributed by atoms with E-state index in [1.807, 2.05) is 0 Å². The molecule has 1 amide bonds. The van der Waals surface area contributed by atoms with E-state index in [0.717, 1.165) is 56.4 Å². The van der Waals surface area contributed by atoms with Gasteiger partial charge in [-0.3, -0.25) is 9.69 Å². The molecule has 0 atom stereocenters. The highest BCUT2D eigenvalue weighted by molar-refractivity contribution is 5.93. The lowest BCUT2D eigenvalue weighted by atomic mass is 9.99. The average molecular weight is 345 g/mol. The van der Waals surface area contributed by atoms with Gasteiger partial charge in [-0.2, -0.15) is 0 Å². The molecule has 0 aromatic heterocycles. The molecule has 5 heteroatoms. The Kier molecular flexibility index (Phi) is 5.97. The summed E-state index contributed by atoms with van der Waals surface area (Å²) in [5, 5.41) is 3.10. The van der Waals surface area contributed by atoms with Crippen LogP contribution in [-0.2, 0) is 4.79 Å². The summed E-state index contributed by atoms with van der Waals surface area (Å²) >= 11 is 0. The van der Waals surface area contributed by atoms with Gasteiger partial charge in [-0.05, 0) is 69.6 Å². The van der Waals surface area contributed by atoms with Crippen LogP contribution >= 0.6 is 0 Å². The third-order valence-electron chi connectivity index (χ3n) is 5.60. The smallest absolute Gasteiger partial charge is 0.238 e. The maximum absolute atomic E-state index is 12.4. The summed E-state index contributed by atoms with van der Waals surface area (Å²) < 4.78 is 0. The molecule has 0 saturated carbocycles. The van der Waals surface area contributed by atoms with Gasteiger partial charge >= 0.3 is 0 Å². The number of piperazine rings is 1. The zero-order valence-corrected chi connectivity index (χ0v) is 15.9. The zero-order chi connectivity index (χ0) is 17.8. The van der Waals surface area contributed by atoms with Crippen molar-refractivity contribution >= 4 is 17.3 Å². The van der Waals surface area contributed by atoms with Crippen LogP contribution in [0.1, 0.15) is 25.3 Å². The van der Waals surface area contributed by atoms with Gasteiger partial charge < -0.3 is 15.1 Å². The first kappa shape index (κ1) is 18.2. The van der Waals surface area contributed by atoms with Crippen LogP contribution in [0.2, 0.25) is 0 Å². The Morgan fingerprint density at radius 3 is 2.44 bits per heavy atom. The fourth-order valence-corrected chi connectivity index (χ4v) is 3.66. The number of benzene rings is 1. The Morgan fingerprint density at radius 2 is 1.80 bits per heavy atom. The van der Waals surface area contributed by atoms with E-state index in [1.54, 1.807) is 0 Å². The lowest BCUT2D eigenvalue weighted by Crippen LogP contribution is -2.44. The van der Waals surface area contributed by atoms with Crippen molar-refractivity contribution < 1.29 is 4.79 Å². The molecule has 3 rings (SSSR count). The molecule has 0 aliphatic carbocycles. The lowest BCUT2D eigenvalue weighted by molar-refractivity contribution is -0.117. The lowest BCUT2D eigenvalue weighted by Gasteiger charge is -2.34. The molecule has 0 spiro atoms. The molecule has 2 heterocycles. The number of amides is 1. The number of carbonyl (C=O) groups excluding carboxylic acids is 1. The summed E-state index contributed by atoms with van der Waals surface area (Å²) in [5.41, 5.74) is 3.33. The molecule has 5 nitrogen and oxygen atoms in total. The van der Waals surface area contributed by atoms with Crippen LogP contribution < -0.4 is 10.2 Å². The van der Waals surface area contributed by atoms with Crippen LogP contribution in [0.4, 0.5) is 11.4 Å². The number of nitrogens with one attached hydrogen (secondary N) is 1. The minimum absolute atomic E-state index is 0.102. The Hall–Kier alpha value is -1.59. The molecular weight excluding hydrogens is 312 g/mol. The largest absolute Gasteiger partial charge is 0.369 e. The van der Waals surface area contributed by atoms with Crippen molar-refractivity contribution in [2.24, 2.45) is 5.92 Å². The summed E-state index contributed by atoms with van der Waals surface area (Å²) in [5.74, 6) is 0.897. The predicted octanol–water partition coefficient (Wildman–Crippen LogP) is 2.42. The standard InChI is InChI=1S/C20H32N4O/c1-16-6-8-23(9-7-16)15-20(25)21-19-5-4-18(14-17(19)2)24-12-10-22(3)11-13-24/h4-5,14,16H,6-13,15H2,1-3H3,(H,21,25). The Bertz CT molecular complexity index is 587. The molecule has 2 aliphatic rings. The van der Waals surface area contributed by atoms with Crippen LogP contribution in [0.25, 0.3) is 0 Å². The second-order valence-corrected chi connectivity index (χ2v) is 7.80. The number of anilines is 2. The molecule has 2 saturated heterocycles. The number of rotatable bonds is 4. The van der Waals surface area contributed by atoms with Crippen LogP contribution in [-0.4, -0.2) is 68.6 Å². The van der Waals surface area contributed by atoms with Crippen LogP contribution in [0.3, 0.4) is 0 Å². The third kappa shape index (κ3) is 4.95. The molecular formula is C20H32N4O. The molecule has 0 unspecified atom stereocenters. The second kappa shape index (κ2) is 8.19. The highest BCUT2D eigenvalue weighted by Gasteiger charge is 2.19. The molecule has 25 heavy (non-hydrogen) atoms. The SMILES string of the molecule is Cc1cc(N2CCN(C)CC2)ccc1NC(=O)CN1CCC(C)CC1. The van der Waals surface area contributed by atoms with E-state index in [0.29, 0.717) is 6.54 Å². The van der Waals surface area contributed by atoms with E-state index in [1.165, 1.54) is 18.5 Å². The van der Waals surface area contributed by atoms with Crippen LogP contribution in [0.15, 0.2) is 18.2 Å². The Balaban J connectivity index is 1.55. The van der Waals surface area contributed by atoms with Gasteiger partial charge in [0.15, 0.2) is 0 Å². The molecule has 1 N–H and O–H groups in total. The first-order chi connectivity index (χ1) is 12.0. The van der Waals surface area contributed by atoms with Gasteiger partial charge in [0.2, 0.25) is 5.91 Å². The molecule has 0 bridgehead atoms. The van der Waals surface area contributed by atoms with Gasteiger partial charge in [0, 0.05) is 37.6 Å². The number of nitrogens with zero attached hydrogens (tertiary/aromatic N) is 3. The van der Waals surface area contributed by atoms with Gasteiger partial charge in [0.05, 0.1) is 6.54 Å². The fourth-order valence-electron chi connectivity index (χ4n) is 3.66. The van der Waals surface area contributed by atoms with E-state index < -0.39 is 0 Å². The van der Waals surface area contributed by atoms with Gasteiger partial charge in [0.1, 0.15) is 0 Å². The molecule has 1 aromatic rings. The van der Waals surface area contributed by atoms with E-state index in [9.17, 15) is 4.79 Å². The molecule has 1 aromatic carbocycles. The minimum Gasteiger partial charge on any atom is -0.369 e. The molecule has 138 valence electrons. The number of aryl methyl sites for hydroxylation is 1. The highest BCUT2D eigenvalue weighted by Crippen LogP contribution is 2.24. The van der Waals surface area contributed by atoms with E-state index >= 15 is 0 Å².